The normalized spacial score (nSPS) is 19.0. The molecule has 0 aliphatic carbocycles. The van der Waals surface area contributed by atoms with Crippen molar-refractivity contribution in [3.8, 4) is 11.1 Å². The van der Waals surface area contributed by atoms with Gasteiger partial charge in [-0.2, -0.15) is 0 Å². The number of rotatable bonds is 4. The third-order valence-corrected chi connectivity index (χ3v) is 8.09. The summed E-state index contributed by atoms with van der Waals surface area (Å²) in [6, 6.07) is 12.0. The van der Waals surface area contributed by atoms with Gasteiger partial charge in [-0.1, -0.05) is 25.1 Å². The zero-order valence-corrected chi connectivity index (χ0v) is 20.5. The zero-order chi connectivity index (χ0) is 24.5. The lowest BCUT2D eigenvalue weighted by Gasteiger charge is -2.41. The molecule has 2 aromatic rings. The van der Waals surface area contributed by atoms with Crippen molar-refractivity contribution in [1.82, 2.24) is 0 Å². The van der Waals surface area contributed by atoms with Gasteiger partial charge >= 0.3 is 6.09 Å². The summed E-state index contributed by atoms with van der Waals surface area (Å²) in [7, 11) is -3.29. The highest BCUT2D eigenvalue weighted by Gasteiger charge is 2.35. The lowest BCUT2D eigenvalue weighted by molar-refractivity contribution is -0.117. The van der Waals surface area contributed by atoms with Gasteiger partial charge in [-0.15, -0.1) is 0 Å². The van der Waals surface area contributed by atoms with Crippen LogP contribution in [-0.2, 0) is 24.1 Å². The number of ether oxygens (including phenoxy) is 2. The second-order valence-corrected chi connectivity index (χ2v) is 11.0. The van der Waals surface area contributed by atoms with Gasteiger partial charge in [0.2, 0.25) is 5.91 Å². The summed E-state index contributed by atoms with van der Waals surface area (Å²) < 4.78 is 35.4. The summed E-state index contributed by atoms with van der Waals surface area (Å²) in [5, 5.41) is 0. The molecule has 2 aliphatic heterocycles. The molecule has 2 aromatic carbocycles. The van der Waals surface area contributed by atoms with Gasteiger partial charge in [0.1, 0.15) is 6.10 Å². The number of hydrogen-bond donors (Lipinski definition) is 0. The molecule has 182 valence electrons. The molecule has 0 bridgehead atoms. The van der Waals surface area contributed by atoms with Crippen molar-refractivity contribution in [1.29, 1.82) is 0 Å². The molecule has 1 saturated heterocycles. The van der Waals surface area contributed by atoms with Crippen molar-refractivity contribution in [2.45, 2.75) is 50.7 Å². The summed E-state index contributed by atoms with van der Waals surface area (Å²) in [5.41, 5.74) is 2.85. The van der Waals surface area contributed by atoms with E-state index in [0.29, 0.717) is 44.0 Å². The lowest BCUT2D eigenvalue weighted by Crippen LogP contribution is -2.52. The third-order valence-electron chi connectivity index (χ3n) is 6.34. The van der Waals surface area contributed by atoms with Crippen LogP contribution in [0.2, 0.25) is 0 Å². The highest BCUT2D eigenvalue weighted by molar-refractivity contribution is 7.91. The lowest BCUT2D eigenvalue weighted by atomic mass is 10.0. The Hall–Kier alpha value is -2.91. The van der Waals surface area contributed by atoms with E-state index >= 15 is 0 Å². The van der Waals surface area contributed by atoms with E-state index < -0.39 is 15.9 Å². The maximum atomic E-state index is 13.2. The van der Waals surface area contributed by atoms with Gasteiger partial charge in [-0.25, -0.2) is 13.2 Å². The number of nitrogens with zero attached hydrogens (tertiary/aromatic N) is 2. The number of hydrogen-bond acceptors (Lipinski definition) is 6. The SMILES string of the molecule is CCS(=O)(=O)c1ccc(-c2ccc3c(c2)N(C(=O)OC2CCOCC2)CC(C)N3C(C)=O)cc1. The number of fused-ring (bicyclic) bond motifs is 1. The molecule has 8 nitrogen and oxygen atoms in total. The Kier molecular flexibility index (Phi) is 6.95. The predicted molar refractivity (Wildman–Crippen MR) is 130 cm³/mol. The second-order valence-electron chi connectivity index (χ2n) is 8.68. The number of sulfone groups is 1. The van der Waals surface area contributed by atoms with Crippen molar-refractivity contribution in [2.24, 2.45) is 0 Å². The summed E-state index contributed by atoms with van der Waals surface area (Å²) in [4.78, 5) is 29.1. The van der Waals surface area contributed by atoms with Gasteiger partial charge in [0.05, 0.1) is 41.3 Å². The molecule has 2 amide bonds. The summed E-state index contributed by atoms with van der Waals surface area (Å²) in [6.07, 6.45) is 0.690. The fourth-order valence-electron chi connectivity index (χ4n) is 4.48. The van der Waals surface area contributed by atoms with Crippen LogP contribution in [0.3, 0.4) is 0 Å². The molecule has 1 fully saturated rings. The summed E-state index contributed by atoms with van der Waals surface area (Å²) in [5.74, 6) is -0.0675. The third kappa shape index (κ3) is 4.81. The van der Waals surface area contributed by atoms with E-state index in [1.807, 2.05) is 25.1 Å². The van der Waals surface area contributed by atoms with Crippen LogP contribution in [-0.4, -0.2) is 58.1 Å². The number of carbonyl (C=O) groups is 2. The molecule has 9 heteroatoms. The first-order valence-electron chi connectivity index (χ1n) is 11.5. The van der Waals surface area contributed by atoms with Gasteiger partial charge < -0.3 is 14.4 Å². The first-order valence-corrected chi connectivity index (χ1v) is 13.2. The van der Waals surface area contributed by atoms with Crippen molar-refractivity contribution in [2.75, 3.05) is 35.3 Å². The fraction of sp³-hybridized carbons (Fsp3) is 0.440. The van der Waals surface area contributed by atoms with E-state index in [0.717, 1.165) is 11.1 Å². The predicted octanol–water partition coefficient (Wildman–Crippen LogP) is 4.02. The smallest absolute Gasteiger partial charge is 0.414 e. The van der Waals surface area contributed by atoms with Crippen LogP contribution < -0.4 is 9.80 Å². The van der Waals surface area contributed by atoms with Gasteiger partial charge in [-0.05, 0) is 42.3 Å². The van der Waals surface area contributed by atoms with Crippen LogP contribution in [0.15, 0.2) is 47.4 Å². The molecule has 1 unspecified atom stereocenters. The minimum absolute atomic E-state index is 0.0362. The Morgan fingerprint density at radius 3 is 2.29 bits per heavy atom. The first kappa shape index (κ1) is 24.2. The van der Waals surface area contributed by atoms with Gasteiger partial charge in [0.25, 0.3) is 0 Å². The van der Waals surface area contributed by atoms with E-state index in [4.69, 9.17) is 9.47 Å². The molecular formula is C25H30N2O6S. The molecule has 2 heterocycles. The number of anilines is 2. The number of carbonyl (C=O) groups excluding carboxylic acids is 2. The molecule has 0 saturated carbocycles. The summed E-state index contributed by atoms with van der Waals surface area (Å²) >= 11 is 0. The van der Waals surface area contributed by atoms with Crippen molar-refractivity contribution < 1.29 is 27.5 Å². The summed E-state index contributed by atoms with van der Waals surface area (Å²) in [6.45, 7) is 6.47. The van der Waals surface area contributed by atoms with E-state index in [1.54, 1.807) is 41.0 Å². The Bertz CT molecular complexity index is 1170. The number of amides is 2. The van der Waals surface area contributed by atoms with Gasteiger partial charge in [0, 0.05) is 26.3 Å². The molecule has 0 N–H and O–H groups in total. The zero-order valence-electron chi connectivity index (χ0n) is 19.7. The second kappa shape index (κ2) is 9.76. The van der Waals surface area contributed by atoms with Crippen molar-refractivity contribution >= 4 is 33.2 Å². The van der Waals surface area contributed by atoms with Gasteiger partial charge in [-0.3, -0.25) is 9.69 Å². The maximum absolute atomic E-state index is 13.2. The minimum atomic E-state index is -3.29. The molecule has 34 heavy (non-hydrogen) atoms. The molecular weight excluding hydrogens is 456 g/mol. The van der Waals surface area contributed by atoms with Gasteiger partial charge in [0.15, 0.2) is 9.84 Å². The maximum Gasteiger partial charge on any atom is 0.414 e. The number of benzene rings is 2. The van der Waals surface area contributed by atoms with E-state index in [-0.39, 0.29) is 28.7 Å². The van der Waals surface area contributed by atoms with Crippen LogP contribution >= 0.6 is 0 Å². The van der Waals surface area contributed by atoms with Crippen LogP contribution in [0.5, 0.6) is 0 Å². The van der Waals surface area contributed by atoms with Crippen molar-refractivity contribution in [3.05, 3.63) is 42.5 Å². The van der Waals surface area contributed by atoms with E-state index in [1.165, 1.54) is 6.92 Å². The highest BCUT2D eigenvalue weighted by atomic mass is 32.2. The monoisotopic (exact) mass is 486 g/mol. The van der Waals surface area contributed by atoms with Crippen LogP contribution in [0, 0.1) is 0 Å². The minimum Gasteiger partial charge on any atom is -0.446 e. The Balaban J connectivity index is 1.70. The topological polar surface area (TPSA) is 93.2 Å². The van der Waals surface area contributed by atoms with E-state index in [9.17, 15) is 18.0 Å². The standard InChI is InChI=1S/C25H30N2O6S/c1-4-34(30,31)22-8-5-19(6-9-22)20-7-10-23-24(15-20)26(16-17(2)27(23)18(3)28)25(29)33-21-11-13-32-14-12-21/h5-10,15,17,21H,4,11-14,16H2,1-3H3. The molecule has 4 rings (SSSR count). The Labute approximate surface area is 200 Å². The van der Waals surface area contributed by atoms with Crippen LogP contribution in [0.1, 0.15) is 33.6 Å². The van der Waals surface area contributed by atoms with Crippen molar-refractivity contribution in [3.63, 3.8) is 0 Å². The van der Waals surface area contributed by atoms with Crippen LogP contribution in [0.4, 0.5) is 16.2 Å². The Morgan fingerprint density at radius 2 is 1.68 bits per heavy atom. The molecule has 1 atom stereocenters. The largest absolute Gasteiger partial charge is 0.446 e. The highest BCUT2D eigenvalue weighted by Crippen LogP contribution is 2.39. The molecule has 0 radical (unpaired) electrons. The first-order chi connectivity index (χ1) is 16.2. The van der Waals surface area contributed by atoms with E-state index in [2.05, 4.69) is 0 Å². The molecule has 2 aliphatic rings. The average Bonchev–Trinajstić information content (AvgIpc) is 2.83. The quantitative estimate of drug-likeness (QED) is 0.648. The Morgan fingerprint density at radius 1 is 1.03 bits per heavy atom. The average molecular weight is 487 g/mol. The molecule has 0 aromatic heterocycles. The molecule has 0 spiro atoms. The van der Waals surface area contributed by atoms with Crippen LogP contribution in [0.25, 0.3) is 11.1 Å². The fourth-order valence-corrected chi connectivity index (χ4v) is 5.36.